The molecule has 0 spiro atoms. The quantitative estimate of drug-likeness (QED) is 0.723. The standard InChI is InChI=1S/C10H11N3O/c11-6-7-13(10(12)14)8-9-4-2-1-3-5-9/h1-5H,7-8H2,(H2,12,14). The fourth-order valence-corrected chi connectivity index (χ4v) is 1.10. The number of hydrogen-bond donors (Lipinski definition) is 1. The number of carbonyl (C=O) groups is 1. The van der Waals surface area contributed by atoms with Crippen LogP contribution in [-0.4, -0.2) is 17.5 Å². The largest absolute Gasteiger partial charge is 0.351 e. The molecule has 0 bridgehead atoms. The minimum atomic E-state index is -0.574. The third-order valence-electron chi connectivity index (χ3n) is 1.79. The first-order chi connectivity index (χ1) is 6.74. The third-order valence-corrected chi connectivity index (χ3v) is 1.79. The summed E-state index contributed by atoms with van der Waals surface area (Å²) in [6.45, 7) is 0.397. The molecule has 0 atom stereocenters. The van der Waals surface area contributed by atoms with Gasteiger partial charge in [0.2, 0.25) is 0 Å². The molecule has 2 N–H and O–H groups in total. The Bertz CT molecular complexity index is 342. The van der Waals surface area contributed by atoms with Gasteiger partial charge in [-0.15, -0.1) is 0 Å². The number of nitriles is 1. The van der Waals surface area contributed by atoms with E-state index in [1.165, 1.54) is 4.90 Å². The summed E-state index contributed by atoms with van der Waals surface area (Å²) in [7, 11) is 0. The molecule has 0 heterocycles. The van der Waals surface area contributed by atoms with Crippen molar-refractivity contribution < 1.29 is 4.79 Å². The molecule has 0 aliphatic carbocycles. The smallest absolute Gasteiger partial charge is 0.315 e. The van der Waals surface area contributed by atoms with Gasteiger partial charge in [-0.2, -0.15) is 5.26 Å². The van der Waals surface area contributed by atoms with E-state index in [0.29, 0.717) is 6.54 Å². The minimum Gasteiger partial charge on any atom is -0.351 e. The van der Waals surface area contributed by atoms with E-state index in [0.717, 1.165) is 5.56 Å². The van der Waals surface area contributed by atoms with Crippen LogP contribution in [0.15, 0.2) is 30.3 Å². The summed E-state index contributed by atoms with van der Waals surface area (Å²) in [5.74, 6) is 0. The number of amides is 2. The molecule has 1 rings (SSSR count). The molecule has 1 aromatic rings. The Hall–Kier alpha value is -2.02. The maximum Gasteiger partial charge on any atom is 0.315 e. The first-order valence-electron chi connectivity index (χ1n) is 4.19. The highest BCUT2D eigenvalue weighted by Gasteiger charge is 2.08. The van der Waals surface area contributed by atoms with E-state index in [9.17, 15) is 4.79 Å². The number of urea groups is 1. The summed E-state index contributed by atoms with van der Waals surface area (Å²) >= 11 is 0. The number of carbonyl (C=O) groups excluding carboxylic acids is 1. The molecular formula is C10H11N3O. The molecule has 4 nitrogen and oxygen atoms in total. The topological polar surface area (TPSA) is 70.1 Å². The Balaban J connectivity index is 2.66. The van der Waals surface area contributed by atoms with Crippen molar-refractivity contribution in [3.63, 3.8) is 0 Å². The summed E-state index contributed by atoms with van der Waals surface area (Å²) in [6, 6.07) is 10.7. The van der Waals surface area contributed by atoms with Crippen LogP contribution >= 0.6 is 0 Å². The zero-order chi connectivity index (χ0) is 10.4. The van der Waals surface area contributed by atoms with E-state index in [-0.39, 0.29) is 6.54 Å². The second kappa shape index (κ2) is 4.87. The van der Waals surface area contributed by atoms with E-state index < -0.39 is 6.03 Å². The zero-order valence-electron chi connectivity index (χ0n) is 7.68. The first-order valence-corrected chi connectivity index (χ1v) is 4.19. The van der Waals surface area contributed by atoms with Crippen LogP contribution in [0.3, 0.4) is 0 Å². The Morgan fingerprint density at radius 3 is 2.57 bits per heavy atom. The van der Waals surface area contributed by atoms with Crippen molar-refractivity contribution in [1.82, 2.24) is 4.90 Å². The molecule has 0 saturated heterocycles. The second-order valence-electron chi connectivity index (χ2n) is 2.84. The lowest BCUT2D eigenvalue weighted by Gasteiger charge is -2.16. The zero-order valence-corrected chi connectivity index (χ0v) is 7.68. The lowest BCUT2D eigenvalue weighted by atomic mass is 10.2. The van der Waals surface area contributed by atoms with Crippen molar-refractivity contribution in [3.8, 4) is 6.07 Å². The summed E-state index contributed by atoms with van der Waals surface area (Å²) in [5.41, 5.74) is 6.07. The van der Waals surface area contributed by atoms with E-state index in [1.54, 1.807) is 0 Å². The van der Waals surface area contributed by atoms with Crippen molar-refractivity contribution in [1.29, 1.82) is 5.26 Å². The average molecular weight is 189 g/mol. The van der Waals surface area contributed by atoms with Crippen molar-refractivity contribution in [3.05, 3.63) is 35.9 Å². The fourth-order valence-electron chi connectivity index (χ4n) is 1.10. The van der Waals surface area contributed by atoms with Gasteiger partial charge in [-0.3, -0.25) is 0 Å². The van der Waals surface area contributed by atoms with Crippen LogP contribution in [-0.2, 0) is 6.54 Å². The van der Waals surface area contributed by atoms with Gasteiger partial charge in [0.05, 0.1) is 6.07 Å². The van der Waals surface area contributed by atoms with Crippen molar-refractivity contribution >= 4 is 6.03 Å². The van der Waals surface area contributed by atoms with E-state index in [2.05, 4.69) is 0 Å². The summed E-state index contributed by atoms with van der Waals surface area (Å²) in [6.07, 6.45) is 0. The molecule has 0 saturated carbocycles. The monoisotopic (exact) mass is 189 g/mol. The highest BCUT2D eigenvalue weighted by Crippen LogP contribution is 2.03. The highest BCUT2D eigenvalue weighted by molar-refractivity contribution is 5.72. The van der Waals surface area contributed by atoms with Crippen LogP contribution < -0.4 is 5.73 Å². The average Bonchev–Trinajstić information content (AvgIpc) is 2.18. The van der Waals surface area contributed by atoms with Crippen LogP contribution in [0.1, 0.15) is 5.56 Å². The second-order valence-corrected chi connectivity index (χ2v) is 2.84. The van der Waals surface area contributed by atoms with Crippen LogP contribution in [0.2, 0.25) is 0 Å². The lowest BCUT2D eigenvalue weighted by Crippen LogP contribution is -2.35. The van der Waals surface area contributed by atoms with Gasteiger partial charge in [0.1, 0.15) is 6.54 Å². The number of primary amides is 1. The molecule has 2 amide bonds. The van der Waals surface area contributed by atoms with Crippen LogP contribution in [0.25, 0.3) is 0 Å². The van der Waals surface area contributed by atoms with E-state index >= 15 is 0 Å². The molecule has 72 valence electrons. The van der Waals surface area contributed by atoms with E-state index in [4.69, 9.17) is 11.0 Å². The van der Waals surface area contributed by atoms with Gasteiger partial charge in [0, 0.05) is 6.54 Å². The number of rotatable bonds is 3. The molecule has 0 aliphatic rings. The van der Waals surface area contributed by atoms with Crippen molar-refractivity contribution in [2.75, 3.05) is 6.54 Å². The summed E-state index contributed by atoms with van der Waals surface area (Å²) in [5, 5.41) is 8.46. The first kappa shape index (κ1) is 10.1. The van der Waals surface area contributed by atoms with Crippen LogP contribution in [0.4, 0.5) is 4.79 Å². The number of nitrogens with zero attached hydrogens (tertiary/aromatic N) is 2. The number of benzene rings is 1. The van der Waals surface area contributed by atoms with Crippen LogP contribution in [0, 0.1) is 11.3 Å². The fraction of sp³-hybridized carbons (Fsp3) is 0.200. The Labute approximate surface area is 82.5 Å². The van der Waals surface area contributed by atoms with Gasteiger partial charge in [-0.25, -0.2) is 4.79 Å². The van der Waals surface area contributed by atoms with Gasteiger partial charge in [-0.1, -0.05) is 30.3 Å². The molecule has 1 aromatic carbocycles. The van der Waals surface area contributed by atoms with Gasteiger partial charge < -0.3 is 10.6 Å². The lowest BCUT2D eigenvalue weighted by molar-refractivity contribution is 0.211. The molecular weight excluding hydrogens is 178 g/mol. The number of hydrogen-bond acceptors (Lipinski definition) is 2. The maximum absolute atomic E-state index is 10.9. The molecule has 0 aromatic heterocycles. The minimum absolute atomic E-state index is 0.0181. The molecule has 0 fully saturated rings. The molecule has 14 heavy (non-hydrogen) atoms. The summed E-state index contributed by atoms with van der Waals surface area (Å²) < 4.78 is 0. The Morgan fingerprint density at radius 1 is 1.43 bits per heavy atom. The Morgan fingerprint density at radius 2 is 2.07 bits per heavy atom. The van der Waals surface area contributed by atoms with Crippen LogP contribution in [0.5, 0.6) is 0 Å². The SMILES string of the molecule is N#CCN(Cc1ccccc1)C(N)=O. The molecule has 0 aliphatic heterocycles. The van der Waals surface area contributed by atoms with Gasteiger partial charge in [0.15, 0.2) is 0 Å². The maximum atomic E-state index is 10.9. The Kier molecular flexibility index (Phi) is 3.50. The van der Waals surface area contributed by atoms with Crippen molar-refractivity contribution in [2.24, 2.45) is 5.73 Å². The highest BCUT2D eigenvalue weighted by atomic mass is 16.2. The van der Waals surface area contributed by atoms with E-state index in [1.807, 2.05) is 36.4 Å². The summed E-state index contributed by atoms with van der Waals surface area (Å²) in [4.78, 5) is 12.2. The van der Waals surface area contributed by atoms with Gasteiger partial charge >= 0.3 is 6.03 Å². The van der Waals surface area contributed by atoms with Gasteiger partial charge in [-0.05, 0) is 5.56 Å². The third kappa shape index (κ3) is 2.79. The van der Waals surface area contributed by atoms with Crippen molar-refractivity contribution in [2.45, 2.75) is 6.54 Å². The predicted octanol–water partition coefficient (Wildman–Crippen LogP) is 1.09. The molecule has 0 radical (unpaired) electrons. The molecule has 4 heteroatoms. The predicted molar refractivity (Wildman–Crippen MR) is 52.0 cm³/mol. The number of nitrogens with two attached hydrogens (primary N) is 1. The molecule has 0 unspecified atom stereocenters. The normalized spacial score (nSPS) is 9.07. The van der Waals surface area contributed by atoms with Gasteiger partial charge in [0.25, 0.3) is 0 Å².